The molecule has 1 atom stereocenters. The van der Waals surface area contributed by atoms with E-state index in [0.717, 1.165) is 61.6 Å². The van der Waals surface area contributed by atoms with Crippen LogP contribution in [0.3, 0.4) is 0 Å². The normalized spacial score (nSPS) is 29.0. The smallest absolute Gasteiger partial charge is 0.142 e. The number of anilines is 1. The first-order valence-electron chi connectivity index (χ1n) is 8.92. The Morgan fingerprint density at radius 3 is 2.96 bits per heavy atom. The van der Waals surface area contributed by atoms with Crippen LogP contribution in [-0.4, -0.2) is 67.6 Å². The van der Waals surface area contributed by atoms with Crippen LogP contribution in [0.25, 0.3) is 11.0 Å². The number of aromatic amines is 1. The van der Waals surface area contributed by atoms with E-state index in [1.807, 2.05) is 12.3 Å². The van der Waals surface area contributed by atoms with Gasteiger partial charge in [-0.1, -0.05) is 0 Å². The first-order chi connectivity index (χ1) is 12.1. The molecule has 0 amide bonds. The number of aromatic nitrogens is 3. The number of nitrogens with one attached hydrogen (secondary N) is 1. The van der Waals surface area contributed by atoms with Crippen molar-refractivity contribution in [1.82, 2.24) is 19.3 Å². The first-order valence-corrected chi connectivity index (χ1v) is 10.2. The van der Waals surface area contributed by atoms with Crippen LogP contribution in [0.4, 0.5) is 5.82 Å². The van der Waals surface area contributed by atoms with E-state index in [9.17, 15) is 4.21 Å². The number of nitrogens with zero attached hydrogens (tertiary/aromatic N) is 4. The third kappa shape index (κ3) is 2.58. The summed E-state index contributed by atoms with van der Waals surface area (Å²) in [6.45, 7) is 2.57. The van der Waals surface area contributed by atoms with E-state index in [4.69, 9.17) is 4.74 Å². The van der Waals surface area contributed by atoms with Gasteiger partial charge in [0.25, 0.3) is 0 Å². The topological polar surface area (TPSA) is 74.4 Å². The molecule has 0 bridgehead atoms. The van der Waals surface area contributed by atoms with Crippen molar-refractivity contribution in [3.8, 4) is 0 Å². The van der Waals surface area contributed by atoms with Gasteiger partial charge in [-0.05, 0) is 24.8 Å². The highest BCUT2D eigenvalue weighted by Gasteiger charge is 2.51. The molecule has 134 valence electrons. The maximum Gasteiger partial charge on any atom is 0.142 e. The molecule has 4 heterocycles. The third-order valence-electron chi connectivity index (χ3n) is 5.99. The Kier molecular flexibility index (Phi) is 3.62. The van der Waals surface area contributed by atoms with E-state index >= 15 is 0 Å². The van der Waals surface area contributed by atoms with Gasteiger partial charge in [0.15, 0.2) is 0 Å². The zero-order chi connectivity index (χ0) is 17.0. The van der Waals surface area contributed by atoms with Crippen molar-refractivity contribution in [2.24, 2.45) is 5.92 Å². The van der Waals surface area contributed by atoms with Gasteiger partial charge in [-0.2, -0.15) is 0 Å². The molecule has 1 N–H and O–H groups in total. The van der Waals surface area contributed by atoms with Gasteiger partial charge in [-0.25, -0.2) is 18.5 Å². The fraction of sp³-hybridized carbons (Fsp3) is 0.647. The Morgan fingerprint density at radius 2 is 2.24 bits per heavy atom. The van der Waals surface area contributed by atoms with E-state index in [2.05, 4.69) is 31.2 Å². The molecule has 2 aromatic rings. The maximum absolute atomic E-state index is 12.5. The summed E-state index contributed by atoms with van der Waals surface area (Å²) >= 11 is 0. The zero-order valence-corrected chi connectivity index (χ0v) is 15.2. The van der Waals surface area contributed by atoms with E-state index in [1.165, 1.54) is 0 Å². The van der Waals surface area contributed by atoms with Gasteiger partial charge in [0.2, 0.25) is 0 Å². The third-order valence-corrected chi connectivity index (χ3v) is 7.58. The number of H-pyrrole nitrogens is 1. The van der Waals surface area contributed by atoms with Crippen molar-refractivity contribution in [2.75, 3.05) is 37.4 Å². The minimum atomic E-state index is -0.855. The second-order valence-electron chi connectivity index (χ2n) is 7.61. The standard InChI is InChI=1S/C17H23N5O2S/c1-21(16-14-2-4-18-15(14)19-11-20-16)13-6-12(7-13)8-25(23)22-9-17(10-22)3-5-24-17/h2,4,11-13H,3,5-10H2,1H3,(H,18,19,20). The monoisotopic (exact) mass is 361 g/mol. The Labute approximate surface area is 149 Å². The quantitative estimate of drug-likeness (QED) is 0.869. The van der Waals surface area contributed by atoms with Crippen molar-refractivity contribution in [1.29, 1.82) is 0 Å². The highest BCUT2D eigenvalue weighted by molar-refractivity contribution is 7.82. The molecule has 8 heteroatoms. The summed E-state index contributed by atoms with van der Waals surface area (Å²) in [7, 11) is 1.24. The Balaban J connectivity index is 1.15. The lowest BCUT2D eigenvalue weighted by Crippen LogP contribution is -2.68. The first kappa shape index (κ1) is 15.7. The van der Waals surface area contributed by atoms with Crippen LogP contribution in [0, 0.1) is 5.92 Å². The Hall–Kier alpha value is -1.51. The molecule has 5 rings (SSSR count). The predicted molar refractivity (Wildman–Crippen MR) is 96.7 cm³/mol. The molecule has 2 aromatic heterocycles. The molecule has 0 radical (unpaired) electrons. The van der Waals surface area contributed by atoms with Gasteiger partial charge in [0.05, 0.1) is 28.6 Å². The van der Waals surface area contributed by atoms with Crippen LogP contribution in [0.15, 0.2) is 18.6 Å². The molecule has 1 aliphatic carbocycles. The minimum absolute atomic E-state index is 0.0625. The van der Waals surface area contributed by atoms with Gasteiger partial charge in [0, 0.05) is 44.5 Å². The van der Waals surface area contributed by atoms with Crippen molar-refractivity contribution in [3.63, 3.8) is 0 Å². The van der Waals surface area contributed by atoms with Crippen LogP contribution >= 0.6 is 0 Å². The van der Waals surface area contributed by atoms with Crippen molar-refractivity contribution >= 4 is 27.8 Å². The summed E-state index contributed by atoms with van der Waals surface area (Å²) in [4.78, 5) is 14.1. The largest absolute Gasteiger partial charge is 0.372 e. The van der Waals surface area contributed by atoms with Gasteiger partial charge in [-0.15, -0.1) is 0 Å². The van der Waals surface area contributed by atoms with Crippen molar-refractivity contribution in [3.05, 3.63) is 18.6 Å². The molecular formula is C17H23N5O2S. The maximum atomic E-state index is 12.5. The highest BCUT2D eigenvalue weighted by atomic mass is 32.2. The molecule has 3 fully saturated rings. The predicted octanol–water partition coefficient (Wildman–Crippen LogP) is 1.31. The van der Waals surface area contributed by atoms with Gasteiger partial charge < -0.3 is 14.6 Å². The molecule has 1 spiro atoms. The lowest BCUT2D eigenvalue weighted by Gasteiger charge is -2.54. The Morgan fingerprint density at radius 1 is 1.44 bits per heavy atom. The van der Waals surface area contributed by atoms with Gasteiger partial charge in [0.1, 0.15) is 17.8 Å². The molecule has 7 nitrogen and oxygen atoms in total. The molecule has 3 aliphatic rings. The van der Waals surface area contributed by atoms with Crippen LogP contribution in [0.2, 0.25) is 0 Å². The average Bonchev–Trinajstić information content (AvgIpc) is 2.95. The van der Waals surface area contributed by atoms with Crippen LogP contribution in [0.5, 0.6) is 0 Å². The second kappa shape index (κ2) is 5.75. The summed E-state index contributed by atoms with van der Waals surface area (Å²) < 4.78 is 20.2. The van der Waals surface area contributed by atoms with Crippen LogP contribution in [-0.2, 0) is 15.7 Å². The van der Waals surface area contributed by atoms with Crippen molar-refractivity contribution < 1.29 is 8.95 Å². The van der Waals surface area contributed by atoms with E-state index in [-0.39, 0.29) is 5.60 Å². The lowest BCUT2D eigenvalue weighted by atomic mass is 9.81. The van der Waals surface area contributed by atoms with Gasteiger partial charge >= 0.3 is 0 Å². The van der Waals surface area contributed by atoms with Gasteiger partial charge in [-0.3, -0.25) is 0 Å². The number of ether oxygens (including phenoxy) is 1. The van der Waals surface area contributed by atoms with Crippen LogP contribution < -0.4 is 4.90 Å². The summed E-state index contributed by atoms with van der Waals surface area (Å²) in [6.07, 6.45) is 6.79. The number of hydrogen-bond donors (Lipinski definition) is 1. The summed E-state index contributed by atoms with van der Waals surface area (Å²) in [5.41, 5.74) is 0.936. The SMILES string of the molecule is CN(c1ncnc2[nH]ccc12)C1CC(CS(=O)N2CC3(CCO3)C2)C1. The molecule has 2 saturated heterocycles. The zero-order valence-electron chi connectivity index (χ0n) is 14.4. The minimum Gasteiger partial charge on any atom is -0.372 e. The molecular weight excluding hydrogens is 338 g/mol. The molecule has 2 aliphatic heterocycles. The number of hydrogen-bond acceptors (Lipinski definition) is 5. The van der Waals surface area contributed by atoms with E-state index < -0.39 is 11.0 Å². The average molecular weight is 361 g/mol. The second-order valence-corrected chi connectivity index (χ2v) is 9.10. The number of fused-ring (bicyclic) bond motifs is 1. The fourth-order valence-electron chi connectivity index (χ4n) is 4.15. The lowest BCUT2D eigenvalue weighted by molar-refractivity contribution is -0.200. The molecule has 25 heavy (non-hydrogen) atoms. The van der Waals surface area contributed by atoms with Crippen LogP contribution in [0.1, 0.15) is 19.3 Å². The van der Waals surface area contributed by atoms with E-state index in [1.54, 1.807) is 6.33 Å². The van der Waals surface area contributed by atoms with Crippen molar-refractivity contribution in [2.45, 2.75) is 30.9 Å². The summed E-state index contributed by atoms with van der Waals surface area (Å²) in [5.74, 6) is 2.29. The Bertz CT molecular complexity index is 806. The summed E-state index contributed by atoms with van der Waals surface area (Å²) in [5, 5.41) is 1.06. The molecule has 0 aromatic carbocycles. The summed E-state index contributed by atoms with van der Waals surface area (Å²) in [6, 6.07) is 2.49. The molecule has 1 unspecified atom stereocenters. The molecule has 1 saturated carbocycles. The van der Waals surface area contributed by atoms with E-state index in [0.29, 0.717) is 12.0 Å². The highest BCUT2D eigenvalue weighted by Crippen LogP contribution is 2.39. The number of rotatable bonds is 5. The fourth-order valence-corrected chi connectivity index (χ4v) is 5.80.